The maximum atomic E-state index is 13.2. The molecule has 6 heteroatoms. The third-order valence-electron chi connectivity index (χ3n) is 7.68. The van der Waals surface area contributed by atoms with Gasteiger partial charge in [-0.25, -0.2) is 0 Å². The zero-order chi connectivity index (χ0) is 27.5. The van der Waals surface area contributed by atoms with Gasteiger partial charge in [-0.15, -0.1) is 0 Å². The number of hydrogen-bond donors (Lipinski definition) is 1. The molecule has 1 amide bonds. The number of hydrogen-bond acceptors (Lipinski definition) is 5. The van der Waals surface area contributed by atoms with E-state index in [0.717, 1.165) is 73.4 Å². The summed E-state index contributed by atoms with van der Waals surface area (Å²) in [5.41, 5.74) is 2.16. The summed E-state index contributed by atoms with van der Waals surface area (Å²) in [5.74, 6) is 1.82. The van der Waals surface area contributed by atoms with Gasteiger partial charge in [0.25, 0.3) is 0 Å². The SMILES string of the molecule is CNCCCCCC(=O)N1CCCC1COC(c1ccccc1)(c1ccc(OC)cc1)c1ccc(OC)cc1. The number of carbonyl (C=O) groups excluding carboxylic acids is 1. The molecule has 1 fully saturated rings. The Labute approximate surface area is 233 Å². The molecule has 0 aliphatic carbocycles. The van der Waals surface area contributed by atoms with E-state index in [4.69, 9.17) is 14.2 Å². The van der Waals surface area contributed by atoms with Crippen molar-refractivity contribution in [3.63, 3.8) is 0 Å². The highest BCUT2D eigenvalue weighted by molar-refractivity contribution is 5.76. The van der Waals surface area contributed by atoms with Crippen LogP contribution in [0.5, 0.6) is 11.5 Å². The maximum absolute atomic E-state index is 13.2. The largest absolute Gasteiger partial charge is 0.497 e. The standard InChI is InChI=1S/C33H42N2O4/c1-34-23-9-5-8-14-32(36)35-24-10-13-29(35)25-39-33(26-11-6-4-7-12-26,27-15-19-30(37-2)20-16-27)28-17-21-31(38-3)22-18-28/h4,6-7,11-12,15-22,29,34H,5,8-10,13-14,23-25H2,1-3H3. The van der Waals surface area contributed by atoms with E-state index in [1.165, 1.54) is 0 Å². The van der Waals surface area contributed by atoms with Crippen LogP contribution in [-0.4, -0.2) is 57.8 Å². The molecule has 0 aromatic heterocycles. The Hall–Kier alpha value is -3.35. The van der Waals surface area contributed by atoms with E-state index in [2.05, 4.69) is 46.6 Å². The van der Waals surface area contributed by atoms with Gasteiger partial charge in [-0.3, -0.25) is 4.79 Å². The van der Waals surface area contributed by atoms with Crippen LogP contribution < -0.4 is 14.8 Å². The van der Waals surface area contributed by atoms with Crippen molar-refractivity contribution in [2.75, 3.05) is 41.0 Å². The molecule has 39 heavy (non-hydrogen) atoms. The lowest BCUT2D eigenvalue weighted by atomic mass is 9.80. The lowest BCUT2D eigenvalue weighted by Crippen LogP contribution is -2.42. The molecule has 1 atom stereocenters. The summed E-state index contributed by atoms with van der Waals surface area (Å²) >= 11 is 0. The van der Waals surface area contributed by atoms with Crippen molar-refractivity contribution in [3.05, 3.63) is 95.6 Å². The second kappa shape index (κ2) is 14.2. The minimum absolute atomic E-state index is 0.0504. The lowest BCUT2D eigenvalue weighted by Gasteiger charge is -2.38. The Morgan fingerprint density at radius 1 is 0.846 bits per heavy atom. The minimum atomic E-state index is -0.871. The smallest absolute Gasteiger partial charge is 0.222 e. The fourth-order valence-electron chi connectivity index (χ4n) is 5.53. The number of unbranched alkanes of at least 4 members (excludes halogenated alkanes) is 2. The van der Waals surface area contributed by atoms with Gasteiger partial charge in [0.05, 0.1) is 26.9 Å². The second-order valence-electron chi connectivity index (χ2n) is 10.1. The second-order valence-corrected chi connectivity index (χ2v) is 10.1. The van der Waals surface area contributed by atoms with Crippen LogP contribution in [0.3, 0.4) is 0 Å². The van der Waals surface area contributed by atoms with Gasteiger partial charge in [0.2, 0.25) is 5.91 Å². The van der Waals surface area contributed by atoms with Gasteiger partial charge in [-0.2, -0.15) is 0 Å². The van der Waals surface area contributed by atoms with Crippen molar-refractivity contribution in [1.29, 1.82) is 0 Å². The zero-order valence-electron chi connectivity index (χ0n) is 23.5. The number of benzene rings is 3. The summed E-state index contributed by atoms with van der Waals surface area (Å²) in [7, 11) is 5.31. The fraction of sp³-hybridized carbons (Fsp3) is 0.424. The highest BCUT2D eigenvalue weighted by atomic mass is 16.5. The molecule has 1 aliphatic heterocycles. The van der Waals surface area contributed by atoms with Crippen LogP contribution in [-0.2, 0) is 15.1 Å². The van der Waals surface area contributed by atoms with Crippen LogP contribution in [0.25, 0.3) is 0 Å². The summed E-state index contributed by atoms with van der Waals surface area (Å²) in [6.07, 6.45) is 5.63. The number of methoxy groups -OCH3 is 2. The van der Waals surface area contributed by atoms with Crippen LogP contribution in [0, 0.1) is 0 Å². The van der Waals surface area contributed by atoms with E-state index in [1.54, 1.807) is 14.2 Å². The molecule has 0 saturated carbocycles. The monoisotopic (exact) mass is 530 g/mol. The number of rotatable bonds is 14. The van der Waals surface area contributed by atoms with Gasteiger partial charge in [-0.1, -0.05) is 61.0 Å². The van der Waals surface area contributed by atoms with Crippen LogP contribution >= 0.6 is 0 Å². The Morgan fingerprint density at radius 3 is 2.00 bits per heavy atom. The highest BCUT2D eigenvalue weighted by Gasteiger charge is 2.40. The Balaban J connectivity index is 1.65. The first-order chi connectivity index (χ1) is 19.1. The van der Waals surface area contributed by atoms with Gasteiger partial charge >= 0.3 is 0 Å². The predicted octanol–water partition coefficient (Wildman–Crippen LogP) is 5.78. The Bertz CT molecular complexity index is 1100. The lowest BCUT2D eigenvalue weighted by molar-refractivity contribution is -0.134. The molecule has 0 spiro atoms. The number of nitrogens with zero attached hydrogens (tertiary/aromatic N) is 1. The Kier molecular flexibility index (Phi) is 10.4. The van der Waals surface area contributed by atoms with Crippen molar-refractivity contribution in [1.82, 2.24) is 10.2 Å². The third-order valence-corrected chi connectivity index (χ3v) is 7.68. The molecule has 0 bridgehead atoms. The van der Waals surface area contributed by atoms with Gasteiger partial charge in [-0.05, 0) is 80.2 Å². The first-order valence-electron chi connectivity index (χ1n) is 14.0. The van der Waals surface area contributed by atoms with Crippen molar-refractivity contribution in [2.24, 2.45) is 0 Å². The molecule has 1 aliphatic rings. The molecule has 3 aromatic carbocycles. The first-order valence-corrected chi connectivity index (χ1v) is 14.0. The molecule has 208 valence electrons. The van der Waals surface area contributed by atoms with Crippen LogP contribution in [0.4, 0.5) is 0 Å². The zero-order valence-corrected chi connectivity index (χ0v) is 23.5. The number of nitrogens with one attached hydrogen (secondary N) is 1. The van der Waals surface area contributed by atoms with Gasteiger partial charge in [0.15, 0.2) is 0 Å². The molecule has 1 heterocycles. The molecular weight excluding hydrogens is 488 g/mol. The third kappa shape index (κ3) is 6.81. The molecule has 1 N–H and O–H groups in total. The molecule has 6 nitrogen and oxygen atoms in total. The molecule has 3 aromatic rings. The van der Waals surface area contributed by atoms with Gasteiger partial charge in [0, 0.05) is 13.0 Å². The number of likely N-dealkylation sites (tertiary alicyclic amines) is 1. The van der Waals surface area contributed by atoms with Crippen molar-refractivity contribution < 1.29 is 19.0 Å². The van der Waals surface area contributed by atoms with E-state index >= 15 is 0 Å². The summed E-state index contributed by atoms with van der Waals surface area (Å²) in [5, 5.41) is 3.18. The van der Waals surface area contributed by atoms with E-state index in [0.29, 0.717) is 13.0 Å². The van der Waals surface area contributed by atoms with Crippen LogP contribution in [0.15, 0.2) is 78.9 Å². The van der Waals surface area contributed by atoms with E-state index < -0.39 is 5.60 Å². The molecular formula is C33H42N2O4. The van der Waals surface area contributed by atoms with Gasteiger partial charge in [0.1, 0.15) is 17.1 Å². The maximum Gasteiger partial charge on any atom is 0.222 e. The minimum Gasteiger partial charge on any atom is -0.497 e. The van der Waals surface area contributed by atoms with E-state index in [1.807, 2.05) is 49.5 Å². The van der Waals surface area contributed by atoms with E-state index in [-0.39, 0.29) is 11.9 Å². The van der Waals surface area contributed by atoms with Crippen LogP contribution in [0.2, 0.25) is 0 Å². The normalized spacial score (nSPS) is 15.4. The Morgan fingerprint density at radius 2 is 1.44 bits per heavy atom. The highest BCUT2D eigenvalue weighted by Crippen LogP contribution is 2.42. The quantitative estimate of drug-likeness (QED) is 0.211. The average molecular weight is 531 g/mol. The number of carbonyl (C=O) groups is 1. The van der Waals surface area contributed by atoms with E-state index in [9.17, 15) is 4.79 Å². The number of ether oxygens (including phenoxy) is 3. The molecule has 0 radical (unpaired) electrons. The topological polar surface area (TPSA) is 60.0 Å². The summed E-state index contributed by atoms with van der Waals surface area (Å²) in [6, 6.07) is 26.5. The fourth-order valence-corrected chi connectivity index (χ4v) is 5.53. The van der Waals surface area contributed by atoms with Crippen molar-refractivity contribution in [3.8, 4) is 11.5 Å². The predicted molar refractivity (Wildman–Crippen MR) is 155 cm³/mol. The molecule has 4 rings (SSSR count). The summed E-state index contributed by atoms with van der Waals surface area (Å²) < 4.78 is 18.0. The number of amides is 1. The summed E-state index contributed by atoms with van der Waals surface area (Å²) in [6.45, 7) is 2.23. The summed E-state index contributed by atoms with van der Waals surface area (Å²) in [4.78, 5) is 15.2. The average Bonchev–Trinajstić information content (AvgIpc) is 3.47. The molecule has 1 unspecified atom stereocenters. The molecule has 1 saturated heterocycles. The van der Waals surface area contributed by atoms with Crippen molar-refractivity contribution in [2.45, 2.75) is 50.2 Å². The van der Waals surface area contributed by atoms with Crippen LogP contribution in [0.1, 0.15) is 55.2 Å². The van der Waals surface area contributed by atoms with Gasteiger partial charge < -0.3 is 24.4 Å². The van der Waals surface area contributed by atoms with Crippen molar-refractivity contribution >= 4 is 5.91 Å². The first kappa shape index (κ1) is 28.7.